The van der Waals surface area contributed by atoms with Gasteiger partial charge in [-0.1, -0.05) is 32.9 Å². The molecule has 102 valence electrons. The van der Waals surface area contributed by atoms with Gasteiger partial charge in [0.05, 0.1) is 5.71 Å². The van der Waals surface area contributed by atoms with Crippen molar-refractivity contribution < 1.29 is 9.63 Å². The lowest BCUT2D eigenvalue weighted by molar-refractivity contribution is 0.146. The SMILES string of the molecule is CCCNC(=O)O/N=C1/C[C@@H]2CC[C@@]1(C)C2(C)C. The second kappa shape index (κ2) is 4.56. The van der Waals surface area contributed by atoms with Crippen molar-refractivity contribution >= 4 is 11.8 Å². The summed E-state index contributed by atoms with van der Waals surface area (Å²) in [4.78, 5) is 16.4. The highest BCUT2D eigenvalue weighted by Crippen LogP contribution is 2.63. The molecule has 2 fully saturated rings. The third-order valence-corrected chi connectivity index (χ3v) is 5.27. The summed E-state index contributed by atoms with van der Waals surface area (Å²) >= 11 is 0. The molecule has 4 heteroatoms. The monoisotopic (exact) mass is 252 g/mol. The Morgan fingerprint density at radius 2 is 2.22 bits per heavy atom. The zero-order valence-electron chi connectivity index (χ0n) is 11.9. The molecular formula is C14H24N2O2. The number of oxime groups is 1. The van der Waals surface area contributed by atoms with Crippen molar-refractivity contribution in [1.82, 2.24) is 5.32 Å². The lowest BCUT2D eigenvalue weighted by Gasteiger charge is -2.34. The Balaban J connectivity index is 2.01. The van der Waals surface area contributed by atoms with Crippen LogP contribution in [-0.4, -0.2) is 18.3 Å². The number of rotatable bonds is 3. The Kier molecular flexibility index (Phi) is 3.39. The molecule has 2 rings (SSSR count). The number of hydrogen-bond donors (Lipinski definition) is 1. The molecule has 0 spiro atoms. The number of nitrogens with zero attached hydrogens (tertiary/aromatic N) is 1. The van der Waals surface area contributed by atoms with Gasteiger partial charge in [0, 0.05) is 12.0 Å². The maximum Gasteiger partial charge on any atom is 0.433 e. The molecule has 0 aromatic heterocycles. The summed E-state index contributed by atoms with van der Waals surface area (Å²) in [6.07, 6.45) is 3.87. The molecule has 0 heterocycles. The molecule has 2 aliphatic rings. The summed E-state index contributed by atoms with van der Waals surface area (Å²) < 4.78 is 0. The molecule has 0 aliphatic heterocycles. The number of carbonyl (C=O) groups is 1. The van der Waals surface area contributed by atoms with Crippen molar-refractivity contribution in [3.8, 4) is 0 Å². The van der Waals surface area contributed by atoms with E-state index in [4.69, 9.17) is 4.84 Å². The van der Waals surface area contributed by atoms with Crippen molar-refractivity contribution in [2.45, 2.75) is 53.4 Å². The minimum Gasteiger partial charge on any atom is -0.320 e. The van der Waals surface area contributed by atoms with Crippen LogP contribution in [-0.2, 0) is 4.84 Å². The maximum absolute atomic E-state index is 11.4. The molecule has 18 heavy (non-hydrogen) atoms. The normalized spacial score (nSPS) is 34.9. The molecule has 1 N–H and O–H groups in total. The van der Waals surface area contributed by atoms with Crippen LogP contribution in [0.15, 0.2) is 5.16 Å². The molecule has 0 unspecified atom stereocenters. The standard InChI is InChI=1S/C14H24N2O2/c1-5-8-15-12(17)18-16-11-9-10-6-7-14(11,4)13(10,2)3/h10H,5-9H2,1-4H3,(H,15,17)/b16-11-/t10-,14+/m0/s1. The highest BCUT2D eigenvalue weighted by Gasteiger charge is 2.60. The summed E-state index contributed by atoms with van der Waals surface area (Å²) in [5, 5.41) is 6.80. The molecule has 2 atom stereocenters. The number of fused-ring (bicyclic) bond motifs is 2. The van der Waals surface area contributed by atoms with E-state index < -0.39 is 6.09 Å². The van der Waals surface area contributed by atoms with Gasteiger partial charge in [0.1, 0.15) is 0 Å². The first-order chi connectivity index (χ1) is 8.41. The molecule has 0 aromatic rings. The Hall–Kier alpha value is -1.06. The van der Waals surface area contributed by atoms with E-state index in [1.807, 2.05) is 6.92 Å². The zero-order valence-corrected chi connectivity index (χ0v) is 11.9. The Bertz CT molecular complexity index is 376. The fraction of sp³-hybridized carbons (Fsp3) is 0.857. The van der Waals surface area contributed by atoms with Crippen LogP contribution < -0.4 is 5.32 Å². The Morgan fingerprint density at radius 3 is 2.72 bits per heavy atom. The van der Waals surface area contributed by atoms with Crippen LogP contribution >= 0.6 is 0 Å². The average molecular weight is 252 g/mol. The van der Waals surface area contributed by atoms with E-state index in [1.165, 1.54) is 6.42 Å². The number of hydrogen-bond acceptors (Lipinski definition) is 3. The molecule has 0 radical (unpaired) electrons. The summed E-state index contributed by atoms with van der Waals surface area (Å²) in [5.74, 6) is 0.684. The topological polar surface area (TPSA) is 50.7 Å². The van der Waals surface area contributed by atoms with Gasteiger partial charge in [0.25, 0.3) is 0 Å². The smallest absolute Gasteiger partial charge is 0.320 e. The molecule has 2 bridgehead atoms. The van der Waals surface area contributed by atoms with Crippen LogP contribution in [0.1, 0.15) is 53.4 Å². The van der Waals surface area contributed by atoms with E-state index in [0.717, 1.165) is 25.0 Å². The maximum atomic E-state index is 11.4. The summed E-state index contributed by atoms with van der Waals surface area (Å²) in [5.41, 5.74) is 1.44. The fourth-order valence-electron chi connectivity index (χ4n) is 3.42. The van der Waals surface area contributed by atoms with Gasteiger partial charge in [0.2, 0.25) is 0 Å². The Morgan fingerprint density at radius 1 is 1.50 bits per heavy atom. The van der Waals surface area contributed by atoms with E-state index in [-0.39, 0.29) is 10.8 Å². The summed E-state index contributed by atoms with van der Waals surface area (Å²) in [6, 6.07) is 0. The van der Waals surface area contributed by atoms with Crippen LogP contribution in [0.5, 0.6) is 0 Å². The lowest BCUT2D eigenvalue weighted by atomic mass is 9.70. The van der Waals surface area contributed by atoms with Crippen LogP contribution in [0, 0.1) is 16.7 Å². The molecular weight excluding hydrogens is 228 g/mol. The van der Waals surface area contributed by atoms with Crippen molar-refractivity contribution in [3.05, 3.63) is 0 Å². The van der Waals surface area contributed by atoms with Gasteiger partial charge in [-0.25, -0.2) is 4.79 Å². The third-order valence-electron chi connectivity index (χ3n) is 5.27. The lowest BCUT2D eigenvalue weighted by Crippen LogP contribution is -2.33. The zero-order chi connectivity index (χ0) is 13.4. The Labute approximate surface area is 109 Å². The third kappa shape index (κ3) is 1.91. The van der Waals surface area contributed by atoms with Crippen molar-refractivity contribution in [2.24, 2.45) is 21.9 Å². The second-order valence-corrected chi connectivity index (χ2v) is 6.34. The number of carbonyl (C=O) groups excluding carboxylic acids is 1. The quantitative estimate of drug-likeness (QED) is 0.618. The van der Waals surface area contributed by atoms with E-state index >= 15 is 0 Å². The van der Waals surface area contributed by atoms with Gasteiger partial charge in [-0.15, -0.1) is 0 Å². The predicted octanol–water partition coefficient (Wildman–Crippen LogP) is 3.32. The van der Waals surface area contributed by atoms with Crippen molar-refractivity contribution in [2.75, 3.05) is 6.54 Å². The fourth-order valence-corrected chi connectivity index (χ4v) is 3.42. The molecule has 0 aromatic carbocycles. The van der Waals surface area contributed by atoms with Gasteiger partial charge >= 0.3 is 6.09 Å². The second-order valence-electron chi connectivity index (χ2n) is 6.34. The summed E-state index contributed by atoms with van der Waals surface area (Å²) in [7, 11) is 0. The van der Waals surface area contributed by atoms with Gasteiger partial charge < -0.3 is 5.32 Å². The van der Waals surface area contributed by atoms with Gasteiger partial charge in [-0.2, -0.15) is 0 Å². The van der Waals surface area contributed by atoms with Crippen molar-refractivity contribution in [3.63, 3.8) is 0 Å². The number of nitrogens with one attached hydrogen (secondary N) is 1. The van der Waals surface area contributed by atoms with E-state index in [1.54, 1.807) is 0 Å². The van der Waals surface area contributed by atoms with E-state index in [2.05, 4.69) is 31.2 Å². The van der Waals surface area contributed by atoms with Crippen molar-refractivity contribution in [1.29, 1.82) is 0 Å². The molecule has 1 amide bonds. The van der Waals surface area contributed by atoms with Crippen LogP contribution in [0.4, 0.5) is 4.79 Å². The minimum atomic E-state index is -0.437. The highest BCUT2D eigenvalue weighted by molar-refractivity contribution is 5.94. The predicted molar refractivity (Wildman–Crippen MR) is 71.4 cm³/mol. The van der Waals surface area contributed by atoms with Gasteiger partial charge in [0.15, 0.2) is 0 Å². The minimum absolute atomic E-state index is 0.0999. The van der Waals surface area contributed by atoms with E-state index in [9.17, 15) is 4.79 Å². The van der Waals surface area contributed by atoms with E-state index in [0.29, 0.717) is 12.5 Å². The highest BCUT2D eigenvalue weighted by atomic mass is 16.7. The molecule has 2 aliphatic carbocycles. The molecule has 2 saturated carbocycles. The van der Waals surface area contributed by atoms with Crippen LogP contribution in [0.3, 0.4) is 0 Å². The first-order valence-corrected chi connectivity index (χ1v) is 6.94. The average Bonchev–Trinajstić information content (AvgIpc) is 2.66. The molecule has 4 nitrogen and oxygen atoms in total. The first kappa shape index (κ1) is 13.4. The van der Waals surface area contributed by atoms with Crippen LogP contribution in [0.25, 0.3) is 0 Å². The van der Waals surface area contributed by atoms with Gasteiger partial charge in [-0.3, -0.25) is 4.84 Å². The first-order valence-electron chi connectivity index (χ1n) is 6.94. The molecule has 0 saturated heterocycles. The summed E-state index contributed by atoms with van der Waals surface area (Å²) in [6.45, 7) is 9.52. The largest absolute Gasteiger partial charge is 0.433 e. The number of amides is 1. The van der Waals surface area contributed by atoms with Gasteiger partial charge in [-0.05, 0) is 37.0 Å². The van der Waals surface area contributed by atoms with Crippen LogP contribution in [0.2, 0.25) is 0 Å².